The van der Waals surface area contributed by atoms with Crippen LogP contribution in [0, 0.1) is 5.92 Å². The lowest BCUT2D eigenvalue weighted by Crippen LogP contribution is -2.57. The number of hydrogen-bond donors (Lipinski definition) is 7. The first-order valence-electron chi connectivity index (χ1n) is 10.3. The molecule has 0 aliphatic heterocycles. The van der Waals surface area contributed by atoms with Crippen molar-refractivity contribution in [3.8, 4) is 0 Å². The number of thioether (sulfide) groups is 1. The van der Waals surface area contributed by atoms with Crippen molar-refractivity contribution in [2.45, 2.75) is 64.2 Å². The average Bonchev–Trinajstić information content (AvgIpc) is 2.71. The quantitative estimate of drug-likeness (QED) is 0.0845. The number of aliphatic imine (C=N–C) groups is 1. The molecule has 0 bridgehead atoms. The number of carbonyl (C=O) groups is 3. The van der Waals surface area contributed by atoms with Gasteiger partial charge in [0.15, 0.2) is 5.96 Å². The molecule has 12 heteroatoms. The van der Waals surface area contributed by atoms with Crippen LogP contribution in [0.5, 0.6) is 0 Å². The lowest BCUT2D eigenvalue weighted by molar-refractivity contribution is -0.133. The van der Waals surface area contributed by atoms with E-state index >= 15 is 0 Å². The molecule has 0 aromatic heterocycles. The molecule has 10 N–H and O–H groups in total. The van der Waals surface area contributed by atoms with Crippen LogP contribution in [0.25, 0.3) is 0 Å². The van der Waals surface area contributed by atoms with Gasteiger partial charge in [-0.1, -0.05) is 13.8 Å². The number of nitrogens with two attached hydrogens (primary N) is 3. The van der Waals surface area contributed by atoms with Crippen molar-refractivity contribution in [1.29, 1.82) is 0 Å². The Kier molecular flexibility index (Phi) is 14.7. The normalized spacial score (nSPS) is 14.8. The number of aliphatic hydroxyl groups is 1. The van der Waals surface area contributed by atoms with E-state index in [9.17, 15) is 19.5 Å². The molecule has 3 amide bonds. The van der Waals surface area contributed by atoms with Gasteiger partial charge in [-0.2, -0.15) is 11.8 Å². The molecule has 0 fully saturated rings. The molecule has 0 rings (SSSR count). The summed E-state index contributed by atoms with van der Waals surface area (Å²) in [6, 6.07) is -2.91. The first-order valence-corrected chi connectivity index (χ1v) is 11.7. The fourth-order valence-corrected chi connectivity index (χ4v) is 2.98. The predicted octanol–water partition coefficient (Wildman–Crippen LogP) is -1.76. The zero-order chi connectivity index (χ0) is 24.0. The van der Waals surface area contributed by atoms with Crippen LogP contribution in [0.3, 0.4) is 0 Å². The molecule has 11 nitrogen and oxygen atoms in total. The molecule has 0 aliphatic carbocycles. The summed E-state index contributed by atoms with van der Waals surface area (Å²) in [6.45, 7) is 5.35. The Morgan fingerprint density at radius 3 is 2.03 bits per heavy atom. The van der Waals surface area contributed by atoms with Gasteiger partial charge < -0.3 is 38.3 Å². The van der Waals surface area contributed by atoms with Gasteiger partial charge in [-0.3, -0.25) is 19.4 Å². The molecule has 0 aromatic carbocycles. The number of rotatable bonds is 15. The number of guanidine groups is 1. The summed E-state index contributed by atoms with van der Waals surface area (Å²) < 4.78 is 0. The molecule has 0 aromatic rings. The van der Waals surface area contributed by atoms with Crippen molar-refractivity contribution in [2.24, 2.45) is 28.1 Å². The van der Waals surface area contributed by atoms with Gasteiger partial charge in [0, 0.05) is 12.6 Å². The maximum atomic E-state index is 12.9. The number of nitrogens with zero attached hydrogens (tertiary/aromatic N) is 1. The van der Waals surface area contributed by atoms with Gasteiger partial charge in [-0.15, -0.1) is 0 Å². The van der Waals surface area contributed by atoms with Gasteiger partial charge in [0.2, 0.25) is 17.7 Å². The van der Waals surface area contributed by atoms with E-state index in [4.69, 9.17) is 17.2 Å². The molecule has 0 heterocycles. The van der Waals surface area contributed by atoms with Gasteiger partial charge in [-0.25, -0.2) is 0 Å². The largest absolute Gasteiger partial charge is 0.394 e. The van der Waals surface area contributed by atoms with Crippen molar-refractivity contribution in [3.05, 3.63) is 0 Å². The van der Waals surface area contributed by atoms with Crippen LogP contribution >= 0.6 is 11.8 Å². The lowest BCUT2D eigenvalue weighted by atomic mass is 10.0. The molecular weight excluding hydrogens is 422 g/mol. The Hall–Kier alpha value is -2.05. The van der Waals surface area contributed by atoms with Crippen molar-refractivity contribution in [1.82, 2.24) is 16.0 Å². The van der Waals surface area contributed by atoms with Crippen molar-refractivity contribution < 1.29 is 19.5 Å². The van der Waals surface area contributed by atoms with Crippen LogP contribution in [-0.4, -0.2) is 78.1 Å². The summed E-state index contributed by atoms with van der Waals surface area (Å²) >= 11 is 1.54. The Bertz CT molecular complexity index is 600. The van der Waals surface area contributed by atoms with E-state index in [1.165, 1.54) is 11.8 Å². The molecule has 0 radical (unpaired) electrons. The van der Waals surface area contributed by atoms with Gasteiger partial charge in [0.25, 0.3) is 0 Å². The zero-order valence-electron chi connectivity index (χ0n) is 18.9. The van der Waals surface area contributed by atoms with E-state index in [0.29, 0.717) is 25.1 Å². The fraction of sp³-hybridized carbons (Fsp3) is 0.789. The molecule has 0 unspecified atom stereocenters. The standard InChI is InChI=1S/C19H39N7O4S/c1-11(2)15(20)18(30)26-13(6-5-8-23-19(21)22)17(29)25-14(7-9-31-4)16(28)24-12(3)10-27/h11-15,27H,5-10,20H2,1-4H3,(H,24,28)(H,25,29)(H,26,30)(H4,21,22,23)/t12-,13-,14-,15-/m0/s1. The summed E-state index contributed by atoms with van der Waals surface area (Å²) in [5.41, 5.74) is 16.5. The summed E-state index contributed by atoms with van der Waals surface area (Å²) in [5.74, 6) is -0.855. The van der Waals surface area contributed by atoms with Crippen LogP contribution in [0.15, 0.2) is 4.99 Å². The highest BCUT2D eigenvalue weighted by molar-refractivity contribution is 7.98. The van der Waals surface area contributed by atoms with Crippen LogP contribution < -0.4 is 33.2 Å². The lowest BCUT2D eigenvalue weighted by Gasteiger charge is -2.25. The number of aliphatic hydroxyl groups excluding tert-OH is 1. The monoisotopic (exact) mass is 461 g/mol. The molecule has 0 aliphatic rings. The number of hydrogen-bond acceptors (Lipinski definition) is 7. The summed E-state index contributed by atoms with van der Waals surface area (Å²) in [5, 5.41) is 17.2. The number of amides is 3. The highest BCUT2D eigenvalue weighted by atomic mass is 32.2. The van der Waals surface area contributed by atoms with Crippen LogP contribution in [0.2, 0.25) is 0 Å². The van der Waals surface area contributed by atoms with Crippen LogP contribution in [0.4, 0.5) is 0 Å². The van der Waals surface area contributed by atoms with E-state index in [1.54, 1.807) is 6.92 Å². The first kappa shape index (κ1) is 28.9. The predicted molar refractivity (Wildman–Crippen MR) is 124 cm³/mol. The average molecular weight is 462 g/mol. The Morgan fingerprint density at radius 2 is 1.52 bits per heavy atom. The third kappa shape index (κ3) is 12.4. The molecule has 0 saturated carbocycles. The van der Waals surface area contributed by atoms with E-state index < -0.39 is 41.9 Å². The third-order valence-electron chi connectivity index (χ3n) is 4.51. The van der Waals surface area contributed by atoms with Crippen LogP contribution in [0.1, 0.15) is 40.0 Å². The zero-order valence-corrected chi connectivity index (χ0v) is 19.7. The maximum Gasteiger partial charge on any atom is 0.243 e. The molecule has 31 heavy (non-hydrogen) atoms. The van der Waals surface area contributed by atoms with Crippen molar-refractivity contribution in [2.75, 3.05) is 25.2 Å². The smallest absolute Gasteiger partial charge is 0.243 e. The highest BCUT2D eigenvalue weighted by Crippen LogP contribution is 2.06. The first-order chi connectivity index (χ1) is 14.5. The van der Waals surface area contributed by atoms with E-state index in [0.717, 1.165) is 0 Å². The SMILES string of the molecule is CSCC[C@H](NC(=O)[C@H](CCCN=C(N)N)NC(=O)[C@@H](N)C(C)C)C(=O)N[C@@H](C)CO. The topological polar surface area (TPSA) is 198 Å². The summed E-state index contributed by atoms with van der Waals surface area (Å²) in [7, 11) is 0. The molecular formula is C19H39N7O4S. The molecule has 0 spiro atoms. The van der Waals surface area contributed by atoms with Gasteiger partial charge in [0.1, 0.15) is 12.1 Å². The number of carbonyl (C=O) groups excluding carboxylic acids is 3. The second kappa shape index (κ2) is 15.7. The minimum Gasteiger partial charge on any atom is -0.394 e. The summed E-state index contributed by atoms with van der Waals surface area (Å²) in [4.78, 5) is 41.8. The summed E-state index contributed by atoms with van der Waals surface area (Å²) in [6.07, 6.45) is 3.00. The fourth-order valence-electron chi connectivity index (χ4n) is 2.51. The Labute approximate surface area is 188 Å². The molecule has 180 valence electrons. The highest BCUT2D eigenvalue weighted by Gasteiger charge is 2.28. The van der Waals surface area contributed by atoms with E-state index in [2.05, 4.69) is 20.9 Å². The minimum absolute atomic E-state index is 0.0568. The van der Waals surface area contributed by atoms with E-state index in [1.807, 2.05) is 20.1 Å². The Balaban J connectivity index is 5.32. The second-order valence-corrected chi connectivity index (χ2v) is 8.70. The van der Waals surface area contributed by atoms with Gasteiger partial charge >= 0.3 is 0 Å². The van der Waals surface area contributed by atoms with Crippen LogP contribution in [-0.2, 0) is 14.4 Å². The number of nitrogens with one attached hydrogen (secondary N) is 3. The molecule has 4 atom stereocenters. The van der Waals surface area contributed by atoms with Crippen molar-refractivity contribution >= 4 is 35.4 Å². The maximum absolute atomic E-state index is 12.9. The van der Waals surface area contributed by atoms with Gasteiger partial charge in [-0.05, 0) is 44.1 Å². The van der Waals surface area contributed by atoms with Gasteiger partial charge in [0.05, 0.1) is 12.6 Å². The van der Waals surface area contributed by atoms with Crippen molar-refractivity contribution in [3.63, 3.8) is 0 Å². The van der Waals surface area contributed by atoms with E-state index in [-0.39, 0.29) is 24.9 Å². The minimum atomic E-state index is -0.897. The third-order valence-corrected chi connectivity index (χ3v) is 5.15. The second-order valence-electron chi connectivity index (χ2n) is 7.71. The Morgan fingerprint density at radius 1 is 0.968 bits per heavy atom. The molecule has 0 saturated heterocycles.